The Labute approximate surface area is 96.2 Å². The predicted molar refractivity (Wildman–Crippen MR) is 53.7 cm³/mol. The van der Waals surface area contributed by atoms with Gasteiger partial charge in [-0.1, -0.05) is 12.1 Å². The molecule has 0 saturated heterocycles. The quantitative estimate of drug-likeness (QED) is 0.788. The molecule has 1 aromatic carbocycles. The second kappa shape index (κ2) is 5.03. The third kappa shape index (κ3) is 4.33. The molecular formula is C10H10F4O2S. The summed E-state index contributed by atoms with van der Waals surface area (Å²) in [5.74, 6) is -1.66. The van der Waals surface area contributed by atoms with E-state index in [1.807, 2.05) is 0 Å². The molecule has 0 heterocycles. The standard InChI is InChI=1S/C10H10F4O2S/c11-8-4-1-2-5-9(8)17(15,16)7-3-6-10(12,13)14/h1-2,4-5H,3,6-7H2. The van der Waals surface area contributed by atoms with Gasteiger partial charge in [0.25, 0.3) is 0 Å². The van der Waals surface area contributed by atoms with Crippen molar-refractivity contribution in [2.45, 2.75) is 23.9 Å². The Bertz CT molecular complexity index is 479. The summed E-state index contributed by atoms with van der Waals surface area (Å²) in [6, 6.07) is 4.62. The molecule has 0 bridgehead atoms. The maximum atomic E-state index is 13.1. The van der Waals surface area contributed by atoms with Crippen molar-refractivity contribution in [3.8, 4) is 0 Å². The Morgan fingerprint density at radius 1 is 1.12 bits per heavy atom. The van der Waals surface area contributed by atoms with Crippen molar-refractivity contribution in [3.63, 3.8) is 0 Å². The number of alkyl halides is 3. The second-order valence-corrected chi connectivity index (χ2v) is 5.55. The van der Waals surface area contributed by atoms with Gasteiger partial charge in [-0.2, -0.15) is 13.2 Å². The van der Waals surface area contributed by atoms with Gasteiger partial charge in [0.2, 0.25) is 0 Å². The molecule has 0 amide bonds. The van der Waals surface area contributed by atoms with Crippen LogP contribution in [0.4, 0.5) is 17.6 Å². The van der Waals surface area contributed by atoms with Crippen LogP contribution in [0.1, 0.15) is 12.8 Å². The zero-order valence-corrected chi connectivity index (χ0v) is 9.48. The van der Waals surface area contributed by atoms with E-state index in [9.17, 15) is 26.0 Å². The van der Waals surface area contributed by atoms with Crippen LogP contribution in [0.5, 0.6) is 0 Å². The lowest BCUT2D eigenvalue weighted by Crippen LogP contribution is -2.13. The fraction of sp³-hybridized carbons (Fsp3) is 0.400. The van der Waals surface area contributed by atoms with Crippen molar-refractivity contribution >= 4 is 9.84 Å². The number of halogens is 4. The first-order valence-electron chi connectivity index (χ1n) is 4.76. The summed E-state index contributed by atoms with van der Waals surface area (Å²) in [7, 11) is -3.99. The van der Waals surface area contributed by atoms with Crippen molar-refractivity contribution in [1.82, 2.24) is 0 Å². The highest BCUT2D eigenvalue weighted by molar-refractivity contribution is 7.91. The van der Waals surface area contributed by atoms with E-state index in [0.717, 1.165) is 12.1 Å². The van der Waals surface area contributed by atoms with Crippen LogP contribution in [0, 0.1) is 5.82 Å². The molecule has 0 radical (unpaired) electrons. The minimum absolute atomic E-state index is 0.554. The Kier molecular flexibility index (Phi) is 4.13. The number of sulfone groups is 1. The van der Waals surface area contributed by atoms with Gasteiger partial charge in [0.1, 0.15) is 10.7 Å². The highest BCUT2D eigenvalue weighted by atomic mass is 32.2. The smallest absolute Gasteiger partial charge is 0.224 e. The van der Waals surface area contributed by atoms with Crippen LogP contribution in [-0.4, -0.2) is 20.3 Å². The first-order chi connectivity index (χ1) is 7.72. The van der Waals surface area contributed by atoms with Gasteiger partial charge in [-0.25, -0.2) is 12.8 Å². The van der Waals surface area contributed by atoms with Crippen molar-refractivity contribution in [1.29, 1.82) is 0 Å². The van der Waals surface area contributed by atoms with Crippen LogP contribution in [-0.2, 0) is 9.84 Å². The van der Waals surface area contributed by atoms with E-state index in [1.165, 1.54) is 12.1 Å². The van der Waals surface area contributed by atoms with Crippen LogP contribution in [0.15, 0.2) is 29.2 Å². The zero-order valence-electron chi connectivity index (χ0n) is 8.67. The molecule has 0 atom stereocenters. The first kappa shape index (κ1) is 14.0. The summed E-state index contributed by atoms with van der Waals surface area (Å²) in [5, 5.41) is 0. The molecule has 0 unspecified atom stereocenters. The monoisotopic (exact) mass is 270 g/mol. The Morgan fingerprint density at radius 3 is 2.24 bits per heavy atom. The molecule has 0 spiro atoms. The normalized spacial score (nSPS) is 12.7. The molecule has 7 heteroatoms. The molecule has 0 aliphatic carbocycles. The SMILES string of the molecule is O=S(=O)(CCCC(F)(F)F)c1ccccc1F. The fourth-order valence-corrected chi connectivity index (χ4v) is 2.66. The molecule has 0 N–H and O–H groups in total. The van der Waals surface area contributed by atoms with Crippen LogP contribution in [0.2, 0.25) is 0 Å². The fourth-order valence-electron chi connectivity index (χ4n) is 1.27. The first-order valence-corrected chi connectivity index (χ1v) is 6.42. The lowest BCUT2D eigenvalue weighted by molar-refractivity contribution is -0.134. The number of benzene rings is 1. The summed E-state index contributed by atoms with van der Waals surface area (Å²) in [5.41, 5.74) is 0. The maximum Gasteiger partial charge on any atom is 0.389 e. The van der Waals surface area contributed by atoms with Gasteiger partial charge in [-0.3, -0.25) is 0 Å². The average Bonchev–Trinajstić information content (AvgIpc) is 2.15. The summed E-state index contributed by atoms with van der Waals surface area (Å²) in [6.45, 7) is 0. The molecule has 1 aromatic rings. The molecule has 0 aliphatic rings. The predicted octanol–water partition coefficient (Wildman–Crippen LogP) is 2.94. The molecule has 0 aliphatic heterocycles. The van der Waals surface area contributed by atoms with Crippen molar-refractivity contribution in [2.75, 3.05) is 5.75 Å². The second-order valence-electron chi connectivity index (χ2n) is 3.47. The molecule has 0 aromatic heterocycles. The molecule has 96 valence electrons. The lowest BCUT2D eigenvalue weighted by Gasteiger charge is -2.07. The molecular weight excluding hydrogens is 260 g/mol. The lowest BCUT2D eigenvalue weighted by atomic mass is 10.3. The minimum Gasteiger partial charge on any atom is -0.224 e. The molecule has 0 saturated carbocycles. The van der Waals surface area contributed by atoms with Crippen LogP contribution >= 0.6 is 0 Å². The summed E-state index contributed by atoms with van der Waals surface area (Å²) >= 11 is 0. The number of rotatable bonds is 4. The van der Waals surface area contributed by atoms with Crippen LogP contribution in [0.3, 0.4) is 0 Å². The zero-order chi connectivity index (χ0) is 13.1. The van der Waals surface area contributed by atoms with Crippen molar-refractivity contribution in [2.24, 2.45) is 0 Å². The summed E-state index contributed by atoms with van der Waals surface area (Å²) in [4.78, 5) is -0.554. The highest BCUT2D eigenvalue weighted by Gasteiger charge is 2.28. The topological polar surface area (TPSA) is 34.1 Å². The maximum absolute atomic E-state index is 13.1. The van der Waals surface area contributed by atoms with Crippen molar-refractivity contribution < 1.29 is 26.0 Å². The molecule has 0 fully saturated rings. The van der Waals surface area contributed by atoms with E-state index >= 15 is 0 Å². The van der Waals surface area contributed by atoms with Gasteiger partial charge in [-0.05, 0) is 18.6 Å². The largest absolute Gasteiger partial charge is 0.389 e. The molecule has 17 heavy (non-hydrogen) atoms. The van der Waals surface area contributed by atoms with E-state index in [1.54, 1.807) is 0 Å². The van der Waals surface area contributed by atoms with E-state index in [-0.39, 0.29) is 0 Å². The van der Waals surface area contributed by atoms with Gasteiger partial charge in [0.15, 0.2) is 9.84 Å². The Hall–Kier alpha value is -1.11. The third-order valence-electron chi connectivity index (χ3n) is 2.05. The minimum atomic E-state index is -4.40. The van der Waals surface area contributed by atoms with E-state index < -0.39 is 45.3 Å². The highest BCUT2D eigenvalue weighted by Crippen LogP contribution is 2.23. The number of hydrogen-bond acceptors (Lipinski definition) is 2. The van der Waals surface area contributed by atoms with E-state index in [2.05, 4.69) is 0 Å². The summed E-state index contributed by atoms with van der Waals surface area (Å²) in [6.07, 6.45) is -6.16. The van der Waals surface area contributed by atoms with Gasteiger partial charge in [0, 0.05) is 6.42 Å². The third-order valence-corrected chi connectivity index (χ3v) is 3.87. The van der Waals surface area contributed by atoms with Gasteiger partial charge >= 0.3 is 6.18 Å². The van der Waals surface area contributed by atoms with E-state index in [4.69, 9.17) is 0 Å². The molecule has 2 nitrogen and oxygen atoms in total. The summed E-state index contributed by atoms with van der Waals surface area (Å²) < 4.78 is 71.7. The van der Waals surface area contributed by atoms with Crippen LogP contribution < -0.4 is 0 Å². The van der Waals surface area contributed by atoms with Gasteiger partial charge in [-0.15, -0.1) is 0 Å². The Balaban J connectivity index is 2.74. The van der Waals surface area contributed by atoms with Crippen LogP contribution in [0.25, 0.3) is 0 Å². The molecule has 1 rings (SSSR count). The Morgan fingerprint density at radius 2 is 1.71 bits per heavy atom. The van der Waals surface area contributed by atoms with E-state index in [0.29, 0.717) is 0 Å². The van der Waals surface area contributed by atoms with Gasteiger partial charge in [0.05, 0.1) is 5.75 Å². The van der Waals surface area contributed by atoms with Crippen molar-refractivity contribution in [3.05, 3.63) is 30.1 Å². The number of hydrogen-bond donors (Lipinski definition) is 0. The van der Waals surface area contributed by atoms with Gasteiger partial charge < -0.3 is 0 Å². The average molecular weight is 270 g/mol.